The Hall–Kier alpha value is -1.56. The van der Waals surface area contributed by atoms with Crippen LogP contribution in [0.3, 0.4) is 0 Å². The topological polar surface area (TPSA) is 79.3 Å². The number of aliphatic hydroxyl groups is 1. The van der Waals surface area contributed by atoms with E-state index in [1.807, 2.05) is 0 Å². The van der Waals surface area contributed by atoms with Crippen LogP contribution in [0.15, 0.2) is 6.33 Å². The van der Waals surface area contributed by atoms with Crippen LogP contribution in [0, 0.1) is 0 Å². The molecule has 0 spiro atoms. The Morgan fingerprint density at radius 2 is 1.95 bits per heavy atom. The van der Waals surface area contributed by atoms with Gasteiger partial charge in [-0.05, 0) is 12.8 Å². The monoisotopic (exact) mass is 266 g/mol. The third-order valence-corrected chi connectivity index (χ3v) is 3.74. The van der Waals surface area contributed by atoms with E-state index in [9.17, 15) is 5.11 Å². The van der Waals surface area contributed by atoms with Crippen LogP contribution >= 0.6 is 0 Å². The van der Waals surface area contributed by atoms with Crippen molar-refractivity contribution in [2.75, 3.05) is 31.4 Å². The van der Waals surface area contributed by atoms with Crippen molar-refractivity contribution in [2.45, 2.75) is 37.6 Å². The zero-order valence-electron chi connectivity index (χ0n) is 11.6. The van der Waals surface area contributed by atoms with Gasteiger partial charge >= 0.3 is 0 Å². The van der Waals surface area contributed by atoms with Gasteiger partial charge in [0.1, 0.15) is 6.33 Å². The smallest absolute Gasteiger partial charge is 0.204 e. The first-order valence-electron chi connectivity index (χ1n) is 6.70. The number of anilines is 2. The summed E-state index contributed by atoms with van der Waals surface area (Å²) < 4.78 is 5.37. The fourth-order valence-corrected chi connectivity index (χ4v) is 2.64. The Bertz CT molecular complexity index is 419. The van der Waals surface area contributed by atoms with E-state index in [0.717, 1.165) is 25.7 Å². The Labute approximate surface area is 113 Å². The van der Waals surface area contributed by atoms with Gasteiger partial charge in [-0.15, -0.1) is 0 Å². The molecule has 6 heteroatoms. The van der Waals surface area contributed by atoms with E-state index in [-0.39, 0.29) is 12.1 Å². The zero-order chi connectivity index (χ0) is 13.7. The number of nitrogens with zero attached hydrogens (tertiary/aromatic N) is 2. The molecule has 0 aromatic carbocycles. The largest absolute Gasteiger partial charge is 0.490 e. The van der Waals surface area contributed by atoms with E-state index < -0.39 is 0 Å². The number of aliphatic hydroxyl groups excluding tert-OH is 1. The van der Waals surface area contributed by atoms with Crippen LogP contribution in [0.25, 0.3) is 0 Å². The van der Waals surface area contributed by atoms with Gasteiger partial charge in [0.15, 0.2) is 11.6 Å². The van der Waals surface area contributed by atoms with Crippen LogP contribution < -0.4 is 15.4 Å². The number of hydrogen-bond acceptors (Lipinski definition) is 6. The number of nitrogens with one attached hydrogen (secondary N) is 2. The molecule has 0 unspecified atom stereocenters. The van der Waals surface area contributed by atoms with E-state index in [4.69, 9.17) is 4.74 Å². The second kappa shape index (κ2) is 6.06. The number of hydrogen-bond donors (Lipinski definition) is 3. The van der Waals surface area contributed by atoms with Crippen LogP contribution in [-0.2, 0) is 0 Å². The van der Waals surface area contributed by atoms with Crippen LogP contribution in [0.5, 0.6) is 5.75 Å². The third-order valence-electron chi connectivity index (χ3n) is 3.74. The summed E-state index contributed by atoms with van der Waals surface area (Å²) in [6.07, 6.45) is 6.87. The SMILES string of the molecule is CNc1ncnc(NC2(CO)CCCCC2)c1OC. The molecule has 3 N–H and O–H groups in total. The van der Waals surface area contributed by atoms with Gasteiger partial charge in [-0.3, -0.25) is 0 Å². The minimum Gasteiger partial charge on any atom is -0.490 e. The molecular weight excluding hydrogens is 244 g/mol. The summed E-state index contributed by atoms with van der Waals surface area (Å²) in [5, 5.41) is 16.1. The lowest BCUT2D eigenvalue weighted by Crippen LogP contribution is -2.44. The number of methoxy groups -OCH3 is 1. The second-order valence-corrected chi connectivity index (χ2v) is 4.98. The van der Waals surface area contributed by atoms with E-state index >= 15 is 0 Å². The molecule has 6 nitrogen and oxygen atoms in total. The minimum atomic E-state index is -0.287. The summed E-state index contributed by atoms with van der Waals surface area (Å²) in [6, 6.07) is 0. The van der Waals surface area contributed by atoms with Gasteiger partial charge in [0.05, 0.1) is 19.3 Å². The summed E-state index contributed by atoms with van der Waals surface area (Å²) in [5.74, 6) is 1.87. The van der Waals surface area contributed by atoms with Gasteiger partial charge in [0, 0.05) is 7.05 Å². The number of rotatable bonds is 5. The standard InChI is InChI=1S/C13H22N4O2/c1-14-11-10(19-2)12(16-9-15-11)17-13(8-18)6-4-3-5-7-13/h9,18H,3-8H2,1-2H3,(H2,14,15,16,17). The van der Waals surface area contributed by atoms with Gasteiger partial charge in [0.2, 0.25) is 5.75 Å². The van der Waals surface area contributed by atoms with Crippen molar-refractivity contribution in [2.24, 2.45) is 0 Å². The Balaban J connectivity index is 2.26. The molecule has 1 heterocycles. The first-order chi connectivity index (χ1) is 9.24. The van der Waals surface area contributed by atoms with Crippen molar-refractivity contribution in [3.05, 3.63) is 6.33 Å². The molecule has 0 amide bonds. The summed E-state index contributed by atoms with van der Waals surface area (Å²) in [5.41, 5.74) is -0.287. The van der Waals surface area contributed by atoms with Crippen molar-refractivity contribution in [3.63, 3.8) is 0 Å². The summed E-state index contributed by atoms with van der Waals surface area (Å²) >= 11 is 0. The predicted octanol–water partition coefficient (Wildman–Crippen LogP) is 1.63. The molecule has 0 saturated heterocycles. The second-order valence-electron chi connectivity index (χ2n) is 4.98. The van der Waals surface area contributed by atoms with Crippen LogP contribution in [-0.4, -0.2) is 41.4 Å². The zero-order valence-corrected chi connectivity index (χ0v) is 11.6. The first-order valence-corrected chi connectivity index (χ1v) is 6.70. The van der Waals surface area contributed by atoms with Crippen molar-refractivity contribution in [1.29, 1.82) is 0 Å². The molecule has 0 bridgehead atoms. The molecule has 2 rings (SSSR count). The first kappa shape index (κ1) is 13.9. The lowest BCUT2D eigenvalue weighted by Gasteiger charge is -2.37. The average Bonchev–Trinajstić information content (AvgIpc) is 2.48. The third kappa shape index (κ3) is 2.89. The Kier molecular flexibility index (Phi) is 4.42. The van der Waals surface area contributed by atoms with Gasteiger partial charge < -0.3 is 20.5 Å². The summed E-state index contributed by atoms with van der Waals surface area (Å²) in [7, 11) is 3.38. The molecule has 0 radical (unpaired) electrons. The van der Waals surface area contributed by atoms with E-state index in [1.54, 1.807) is 14.2 Å². The molecular formula is C13H22N4O2. The van der Waals surface area contributed by atoms with Crippen molar-refractivity contribution in [1.82, 2.24) is 9.97 Å². The van der Waals surface area contributed by atoms with Crippen LogP contribution in [0.1, 0.15) is 32.1 Å². The van der Waals surface area contributed by atoms with Gasteiger partial charge in [-0.1, -0.05) is 19.3 Å². The highest BCUT2D eigenvalue weighted by atomic mass is 16.5. The van der Waals surface area contributed by atoms with E-state index in [1.165, 1.54) is 12.7 Å². The highest BCUT2D eigenvalue weighted by molar-refractivity contribution is 5.64. The fraction of sp³-hybridized carbons (Fsp3) is 0.692. The molecule has 19 heavy (non-hydrogen) atoms. The molecule has 1 fully saturated rings. The average molecular weight is 266 g/mol. The van der Waals surface area contributed by atoms with Crippen LogP contribution in [0.2, 0.25) is 0 Å². The molecule has 1 aromatic heterocycles. The lowest BCUT2D eigenvalue weighted by atomic mass is 9.82. The van der Waals surface area contributed by atoms with Gasteiger partial charge in [0.25, 0.3) is 0 Å². The maximum atomic E-state index is 9.73. The predicted molar refractivity (Wildman–Crippen MR) is 74.7 cm³/mol. The maximum absolute atomic E-state index is 9.73. The minimum absolute atomic E-state index is 0.106. The van der Waals surface area contributed by atoms with Crippen molar-refractivity contribution < 1.29 is 9.84 Å². The molecule has 1 saturated carbocycles. The molecule has 106 valence electrons. The summed E-state index contributed by atoms with van der Waals surface area (Å²) in [6.45, 7) is 0.106. The fourth-order valence-electron chi connectivity index (χ4n) is 2.64. The molecule has 0 atom stereocenters. The number of aromatic nitrogens is 2. The molecule has 1 aromatic rings. The van der Waals surface area contributed by atoms with Crippen molar-refractivity contribution in [3.8, 4) is 5.75 Å². The normalized spacial score (nSPS) is 17.8. The quantitative estimate of drug-likeness (QED) is 0.752. The lowest BCUT2D eigenvalue weighted by molar-refractivity contribution is 0.172. The van der Waals surface area contributed by atoms with Crippen LogP contribution in [0.4, 0.5) is 11.6 Å². The number of ether oxygens (including phenoxy) is 1. The molecule has 1 aliphatic rings. The maximum Gasteiger partial charge on any atom is 0.204 e. The van der Waals surface area contributed by atoms with Gasteiger partial charge in [-0.2, -0.15) is 0 Å². The molecule has 0 aliphatic heterocycles. The highest BCUT2D eigenvalue weighted by Crippen LogP contribution is 2.35. The summed E-state index contributed by atoms with van der Waals surface area (Å²) in [4.78, 5) is 8.37. The Morgan fingerprint density at radius 3 is 2.53 bits per heavy atom. The molecule has 1 aliphatic carbocycles. The van der Waals surface area contributed by atoms with Crippen molar-refractivity contribution >= 4 is 11.6 Å². The van der Waals surface area contributed by atoms with Gasteiger partial charge in [-0.25, -0.2) is 9.97 Å². The highest BCUT2D eigenvalue weighted by Gasteiger charge is 2.32. The van der Waals surface area contributed by atoms with E-state index in [0.29, 0.717) is 17.4 Å². The van der Waals surface area contributed by atoms with E-state index in [2.05, 4.69) is 20.6 Å². The Morgan fingerprint density at radius 1 is 1.26 bits per heavy atom.